The van der Waals surface area contributed by atoms with Crippen molar-refractivity contribution >= 4 is 0 Å². The molecule has 1 aliphatic rings. The highest BCUT2D eigenvalue weighted by atomic mass is 16.5. The van der Waals surface area contributed by atoms with Crippen LogP contribution in [0.5, 0.6) is 11.5 Å². The van der Waals surface area contributed by atoms with Crippen LogP contribution in [0.1, 0.15) is 24.2 Å². The van der Waals surface area contributed by atoms with Crippen LogP contribution in [0.15, 0.2) is 18.2 Å². The molecule has 4 nitrogen and oxygen atoms in total. The average molecular weight is 258 g/mol. The first-order valence-electron chi connectivity index (χ1n) is 6.62. The number of para-hydroxylation sites is 1. The predicted octanol–water partition coefficient (Wildman–Crippen LogP) is 2.97. The van der Waals surface area contributed by atoms with Gasteiger partial charge in [0.15, 0.2) is 11.5 Å². The van der Waals surface area contributed by atoms with Gasteiger partial charge in [0.2, 0.25) is 0 Å². The molecule has 100 valence electrons. The number of imidazole rings is 1. The Kier molecular flexibility index (Phi) is 3.15. The Morgan fingerprint density at radius 1 is 1.11 bits per heavy atom. The summed E-state index contributed by atoms with van der Waals surface area (Å²) in [5.41, 5.74) is 3.42. The number of nitrogens with zero attached hydrogens (tertiary/aromatic N) is 1. The van der Waals surface area contributed by atoms with Crippen LogP contribution in [0.4, 0.5) is 0 Å². The molecule has 3 rings (SSSR count). The quantitative estimate of drug-likeness (QED) is 0.920. The van der Waals surface area contributed by atoms with Gasteiger partial charge in [0, 0.05) is 5.69 Å². The van der Waals surface area contributed by atoms with E-state index in [2.05, 4.69) is 4.98 Å². The van der Waals surface area contributed by atoms with E-state index >= 15 is 0 Å². The molecule has 4 heteroatoms. The lowest BCUT2D eigenvalue weighted by atomic mass is 10.0. The SMILES string of the molecule is COc1cccc(-c2nc3c([nH]2)CCCC3)c1OC. The summed E-state index contributed by atoms with van der Waals surface area (Å²) in [6.45, 7) is 0. The number of aromatic nitrogens is 2. The topological polar surface area (TPSA) is 47.1 Å². The van der Waals surface area contributed by atoms with Crippen molar-refractivity contribution in [2.24, 2.45) is 0 Å². The summed E-state index contributed by atoms with van der Waals surface area (Å²) in [7, 11) is 3.30. The number of H-pyrrole nitrogens is 1. The number of benzene rings is 1. The van der Waals surface area contributed by atoms with Gasteiger partial charge in [-0.05, 0) is 37.8 Å². The van der Waals surface area contributed by atoms with E-state index in [-0.39, 0.29) is 0 Å². The van der Waals surface area contributed by atoms with E-state index in [1.165, 1.54) is 24.2 Å². The van der Waals surface area contributed by atoms with Gasteiger partial charge in [0.1, 0.15) is 5.82 Å². The number of ether oxygens (including phenoxy) is 2. The highest BCUT2D eigenvalue weighted by Gasteiger charge is 2.18. The molecule has 0 unspecified atom stereocenters. The van der Waals surface area contributed by atoms with Crippen LogP contribution >= 0.6 is 0 Å². The summed E-state index contributed by atoms with van der Waals surface area (Å²) >= 11 is 0. The fourth-order valence-corrected chi connectivity index (χ4v) is 2.65. The van der Waals surface area contributed by atoms with Crippen molar-refractivity contribution in [2.75, 3.05) is 14.2 Å². The lowest BCUT2D eigenvalue weighted by Gasteiger charge is -2.10. The molecule has 0 saturated carbocycles. The fraction of sp³-hybridized carbons (Fsp3) is 0.400. The van der Waals surface area contributed by atoms with Crippen LogP contribution in [-0.2, 0) is 12.8 Å². The van der Waals surface area contributed by atoms with E-state index < -0.39 is 0 Å². The molecule has 0 fully saturated rings. The molecule has 2 aromatic rings. The smallest absolute Gasteiger partial charge is 0.171 e. The Hall–Kier alpha value is -1.97. The predicted molar refractivity (Wildman–Crippen MR) is 73.8 cm³/mol. The van der Waals surface area contributed by atoms with Gasteiger partial charge in [0.25, 0.3) is 0 Å². The van der Waals surface area contributed by atoms with Crippen molar-refractivity contribution in [3.05, 3.63) is 29.6 Å². The van der Waals surface area contributed by atoms with Crippen molar-refractivity contribution in [1.82, 2.24) is 9.97 Å². The molecule has 1 heterocycles. The van der Waals surface area contributed by atoms with Crippen LogP contribution in [-0.4, -0.2) is 24.2 Å². The molecule has 0 amide bonds. The zero-order valence-corrected chi connectivity index (χ0v) is 11.3. The molecule has 1 aliphatic carbocycles. The van der Waals surface area contributed by atoms with Crippen molar-refractivity contribution in [3.63, 3.8) is 0 Å². The number of fused-ring (bicyclic) bond motifs is 1. The normalized spacial score (nSPS) is 14.0. The maximum Gasteiger partial charge on any atom is 0.171 e. The minimum Gasteiger partial charge on any atom is -0.493 e. The Balaban J connectivity index is 2.08. The lowest BCUT2D eigenvalue weighted by Crippen LogP contribution is -2.00. The maximum absolute atomic E-state index is 5.47. The molecule has 19 heavy (non-hydrogen) atoms. The molecular weight excluding hydrogens is 240 g/mol. The summed E-state index contributed by atoms with van der Waals surface area (Å²) in [5, 5.41) is 0. The van der Waals surface area contributed by atoms with E-state index in [1.54, 1.807) is 14.2 Å². The average Bonchev–Trinajstić information content (AvgIpc) is 2.89. The minimum atomic E-state index is 0.731. The van der Waals surface area contributed by atoms with Gasteiger partial charge in [0.05, 0.1) is 25.5 Å². The fourth-order valence-electron chi connectivity index (χ4n) is 2.65. The summed E-state index contributed by atoms with van der Waals surface area (Å²) < 4.78 is 10.8. The van der Waals surface area contributed by atoms with Gasteiger partial charge in [-0.3, -0.25) is 0 Å². The van der Waals surface area contributed by atoms with Gasteiger partial charge in [-0.2, -0.15) is 0 Å². The standard InChI is InChI=1S/C15H18N2O2/c1-18-13-9-5-6-10(14(13)19-2)15-16-11-7-3-4-8-12(11)17-15/h5-6,9H,3-4,7-8H2,1-2H3,(H,16,17). The molecule has 0 spiro atoms. The second-order valence-corrected chi connectivity index (χ2v) is 4.76. The molecule has 0 radical (unpaired) electrons. The highest BCUT2D eigenvalue weighted by Crippen LogP contribution is 2.37. The van der Waals surface area contributed by atoms with Crippen molar-refractivity contribution in [2.45, 2.75) is 25.7 Å². The third kappa shape index (κ3) is 2.07. The molecule has 0 atom stereocenters. The van der Waals surface area contributed by atoms with Crippen LogP contribution < -0.4 is 9.47 Å². The van der Waals surface area contributed by atoms with Crippen molar-refractivity contribution in [3.8, 4) is 22.9 Å². The Bertz CT molecular complexity index is 566. The number of methoxy groups -OCH3 is 2. The lowest BCUT2D eigenvalue weighted by molar-refractivity contribution is 0.356. The second kappa shape index (κ2) is 4.96. The second-order valence-electron chi connectivity index (χ2n) is 4.76. The Morgan fingerprint density at radius 2 is 1.95 bits per heavy atom. The van der Waals surface area contributed by atoms with Gasteiger partial charge >= 0.3 is 0 Å². The first kappa shape index (κ1) is 12.1. The summed E-state index contributed by atoms with van der Waals surface area (Å²) in [6.07, 6.45) is 4.63. The largest absolute Gasteiger partial charge is 0.493 e. The van der Waals surface area contributed by atoms with E-state index in [1.807, 2.05) is 18.2 Å². The van der Waals surface area contributed by atoms with Crippen LogP contribution in [0.25, 0.3) is 11.4 Å². The highest BCUT2D eigenvalue weighted by molar-refractivity contribution is 5.69. The molecule has 0 saturated heterocycles. The van der Waals surface area contributed by atoms with E-state index in [0.29, 0.717) is 0 Å². The minimum absolute atomic E-state index is 0.731. The van der Waals surface area contributed by atoms with E-state index in [9.17, 15) is 0 Å². The zero-order valence-electron chi connectivity index (χ0n) is 11.3. The van der Waals surface area contributed by atoms with E-state index in [0.717, 1.165) is 35.7 Å². The van der Waals surface area contributed by atoms with Crippen LogP contribution in [0, 0.1) is 0 Å². The summed E-state index contributed by atoms with van der Waals surface area (Å²) in [5.74, 6) is 2.34. The third-order valence-electron chi connectivity index (χ3n) is 3.61. The van der Waals surface area contributed by atoms with Gasteiger partial charge in [-0.15, -0.1) is 0 Å². The van der Waals surface area contributed by atoms with Crippen molar-refractivity contribution in [1.29, 1.82) is 0 Å². The monoisotopic (exact) mass is 258 g/mol. The van der Waals surface area contributed by atoms with Crippen LogP contribution in [0.2, 0.25) is 0 Å². The molecule has 1 aromatic heterocycles. The zero-order chi connectivity index (χ0) is 13.2. The number of nitrogens with one attached hydrogen (secondary N) is 1. The van der Waals surface area contributed by atoms with E-state index in [4.69, 9.17) is 14.5 Å². The number of aromatic amines is 1. The first-order chi connectivity index (χ1) is 9.33. The van der Waals surface area contributed by atoms with Gasteiger partial charge in [-0.25, -0.2) is 4.98 Å². The van der Waals surface area contributed by atoms with Gasteiger partial charge < -0.3 is 14.5 Å². The molecular formula is C15H18N2O2. The molecule has 0 aliphatic heterocycles. The molecule has 0 bridgehead atoms. The maximum atomic E-state index is 5.47. The number of aryl methyl sites for hydroxylation is 2. The summed E-state index contributed by atoms with van der Waals surface area (Å²) in [4.78, 5) is 8.14. The first-order valence-corrected chi connectivity index (χ1v) is 6.62. The number of hydrogen-bond donors (Lipinski definition) is 1. The Morgan fingerprint density at radius 3 is 2.68 bits per heavy atom. The van der Waals surface area contributed by atoms with Crippen molar-refractivity contribution < 1.29 is 9.47 Å². The molecule has 1 aromatic carbocycles. The summed E-state index contributed by atoms with van der Waals surface area (Å²) in [6, 6.07) is 5.86. The van der Waals surface area contributed by atoms with Crippen LogP contribution in [0.3, 0.4) is 0 Å². The van der Waals surface area contributed by atoms with Gasteiger partial charge in [-0.1, -0.05) is 6.07 Å². The number of rotatable bonds is 3. The Labute approximate surface area is 112 Å². The molecule has 1 N–H and O–H groups in total. The number of hydrogen-bond acceptors (Lipinski definition) is 3. The third-order valence-corrected chi connectivity index (χ3v) is 3.61.